The molecule has 252 valence electrons. The van der Waals surface area contributed by atoms with Gasteiger partial charge >= 0.3 is 0 Å². The Balaban J connectivity index is 1.52. The van der Waals surface area contributed by atoms with Gasteiger partial charge in [0.2, 0.25) is 29.4 Å². The van der Waals surface area contributed by atoms with Crippen molar-refractivity contribution in [3.05, 3.63) is 41.9 Å². The van der Waals surface area contributed by atoms with Crippen LogP contribution in [0, 0.1) is 11.8 Å². The lowest BCUT2D eigenvalue weighted by molar-refractivity contribution is -0.142. The number of nitrogens with zero attached hydrogens (tertiary/aromatic N) is 4. The first kappa shape index (κ1) is 36.3. The first-order chi connectivity index (χ1) is 21.7. The average Bonchev–Trinajstić information content (AvgIpc) is 3.71. The normalized spacial score (nSPS) is 16.3. The number of carbonyl (C=O) groups is 5. The van der Waals surface area contributed by atoms with Gasteiger partial charge in [-0.3, -0.25) is 29.0 Å². The maximum atomic E-state index is 13.7. The molecule has 13 nitrogen and oxygen atoms in total. The third kappa shape index (κ3) is 9.92. The number of unbranched alkanes of at least 4 members (excludes halogenated alkanes) is 2. The number of hydrogen-bond donors (Lipinski definition) is 3. The van der Waals surface area contributed by atoms with Crippen LogP contribution in [-0.4, -0.2) is 80.7 Å². The Morgan fingerprint density at radius 2 is 1.67 bits per heavy atom. The lowest BCUT2D eigenvalue weighted by atomic mass is 9.97. The zero-order chi connectivity index (χ0) is 34.0. The van der Waals surface area contributed by atoms with Gasteiger partial charge in [-0.1, -0.05) is 61.0 Å². The summed E-state index contributed by atoms with van der Waals surface area (Å²) in [5.74, 6) is -2.04. The van der Waals surface area contributed by atoms with Crippen LogP contribution in [0.4, 0.5) is 0 Å². The van der Waals surface area contributed by atoms with E-state index in [1.807, 2.05) is 48.5 Å². The van der Waals surface area contributed by atoms with E-state index < -0.39 is 35.2 Å². The number of hydrogen-bond acceptors (Lipinski definition) is 9. The molecular weight excluding hydrogens is 590 g/mol. The van der Waals surface area contributed by atoms with Crippen molar-refractivity contribution in [1.29, 1.82) is 0 Å². The third-order valence-corrected chi connectivity index (χ3v) is 7.88. The van der Waals surface area contributed by atoms with Crippen molar-refractivity contribution >= 4 is 29.4 Å². The summed E-state index contributed by atoms with van der Waals surface area (Å²) in [6.45, 7) is 13.8. The van der Waals surface area contributed by atoms with E-state index in [0.717, 1.165) is 6.42 Å². The number of nitrogens with one attached hydrogen (secondary N) is 3. The molecule has 0 spiro atoms. The minimum absolute atomic E-state index is 0.167. The molecule has 4 amide bonds. The first-order valence-electron chi connectivity index (χ1n) is 16.2. The highest BCUT2D eigenvalue weighted by Crippen LogP contribution is 2.23. The van der Waals surface area contributed by atoms with Gasteiger partial charge in [-0.25, -0.2) is 0 Å². The zero-order valence-corrected chi connectivity index (χ0v) is 28.1. The van der Waals surface area contributed by atoms with Crippen molar-refractivity contribution in [3.63, 3.8) is 0 Å². The van der Waals surface area contributed by atoms with Gasteiger partial charge in [-0.2, -0.15) is 0 Å². The van der Waals surface area contributed by atoms with Crippen LogP contribution in [0.2, 0.25) is 0 Å². The molecule has 1 aliphatic heterocycles. The van der Waals surface area contributed by atoms with Crippen molar-refractivity contribution in [2.75, 3.05) is 13.1 Å². The highest BCUT2D eigenvalue weighted by atomic mass is 16.4. The van der Waals surface area contributed by atoms with E-state index in [1.54, 1.807) is 24.4 Å². The molecule has 0 bridgehead atoms. The number of likely N-dealkylation sites (tertiary alicyclic amines) is 1. The number of pyridine rings is 1. The van der Waals surface area contributed by atoms with E-state index in [2.05, 4.69) is 31.1 Å². The quantitative estimate of drug-likeness (QED) is 0.195. The molecular formula is C33H49N7O6. The Kier molecular flexibility index (Phi) is 13.0. The third-order valence-electron chi connectivity index (χ3n) is 7.88. The molecule has 1 saturated heterocycles. The predicted octanol–water partition coefficient (Wildman–Crippen LogP) is 3.21. The van der Waals surface area contributed by atoms with E-state index in [0.29, 0.717) is 50.4 Å². The molecule has 1 aliphatic rings. The summed E-state index contributed by atoms with van der Waals surface area (Å²) < 4.78 is 5.63. The van der Waals surface area contributed by atoms with Gasteiger partial charge in [0.05, 0.1) is 6.04 Å². The molecule has 2 aromatic rings. The van der Waals surface area contributed by atoms with Gasteiger partial charge in [-0.05, 0) is 49.7 Å². The van der Waals surface area contributed by atoms with Gasteiger partial charge < -0.3 is 25.3 Å². The van der Waals surface area contributed by atoms with E-state index >= 15 is 0 Å². The molecule has 0 aliphatic carbocycles. The minimum atomic E-state index is -0.915. The van der Waals surface area contributed by atoms with Crippen LogP contribution >= 0.6 is 0 Å². The standard InChI is InChI=1S/C33H49N7O6/c1-20(2)25(27(42)30-38-39-32(46-30)33(5,6)7)37-29(44)23-15-13-19-40(23)31(45)26(21(3)4)36-24(41)16-9-8-11-18-35-28(43)22-14-10-12-17-34-22/h10,12,14,17,20-21,23,25-26H,8-9,11,13,15-16,18-19H2,1-7H3,(H,35,43)(H,36,41)(H,37,44)/t23-,25-,26-/m0/s1. The fourth-order valence-electron chi connectivity index (χ4n) is 5.16. The van der Waals surface area contributed by atoms with Gasteiger partial charge in [0, 0.05) is 31.1 Å². The second-order valence-corrected chi connectivity index (χ2v) is 13.5. The Morgan fingerprint density at radius 1 is 0.957 bits per heavy atom. The highest BCUT2D eigenvalue weighted by molar-refractivity contribution is 6.00. The molecule has 0 aromatic carbocycles. The van der Waals surface area contributed by atoms with Crippen molar-refractivity contribution in [3.8, 4) is 0 Å². The van der Waals surface area contributed by atoms with Crippen LogP contribution in [0.1, 0.15) is 114 Å². The summed E-state index contributed by atoms with van der Waals surface area (Å²) in [6, 6.07) is 2.66. The molecule has 3 N–H and O–H groups in total. The molecule has 1 fully saturated rings. The summed E-state index contributed by atoms with van der Waals surface area (Å²) in [5, 5.41) is 16.4. The number of carbonyl (C=O) groups excluding carboxylic acids is 5. The van der Waals surface area contributed by atoms with Crippen molar-refractivity contribution < 1.29 is 28.4 Å². The zero-order valence-electron chi connectivity index (χ0n) is 28.1. The van der Waals surface area contributed by atoms with E-state index in [9.17, 15) is 24.0 Å². The lowest BCUT2D eigenvalue weighted by Gasteiger charge is -2.31. The number of rotatable bonds is 15. The first-order valence-corrected chi connectivity index (χ1v) is 16.2. The van der Waals surface area contributed by atoms with Crippen LogP contribution in [0.3, 0.4) is 0 Å². The van der Waals surface area contributed by atoms with E-state index in [1.165, 1.54) is 4.90 Å². The molecule has 46 heavy (non-hydrogen) atoms. The van der Waals surface area contributed by atoms with Gasteiger partial charge in [-0.15, -0.1) is 10.2 Å². The Hall–Kier alpha value is -4.16. The summed E-state index contributed by atoms with van der Waals surface area (Å²) in [5.41, 5.74) is -0.0784. The molecule has 13 heteroatoms. The molecule has 3 rings (SSSR count). The summed E-state index contributed by atoms with van der Waals surface area (Å²) in [6.07, 6.45) is 4.89. The number of amides is 4. The molecule has 3 heterocycles. The predicted molar refractivity (Wildman–Crippen MR) is 171 cm³/mol. The number of ketones is 1. The van der Waals surface area contributed by atoms with E-state index in [4.69, 9.17) is 4.42 Å². The molecule has 2 aromatic heterocycles. The second kappa shape index (κ2) is 16.4. The summed E-state index contributed by atoms with van der Waals surface area (Å²) in [4.78, 5) is 70.9. The molecule has 0 saturated carbocycles. The minimum Gasteiger partial charge on any atom is -0.418 e. The Bertz CT molecular complexity index is 1350. The van der Waals surface area contributed by atoms with E-state index in [-0.39, 0.29) is 41.9 Å². The fraction of sp³-hybridized carbons (Fsp3) is 0.636. The van der Waals surface area contributed by atoms with Crippen LogP contribution in [0.5, 0.6) is 0 Å². The maximum Gasteiger partial charge on any atom is 0.286 e. The average molecular weight is 640 g/mol. The molecule has 0 unspecified atom stereocenters. The van der Waals surface area contributed by atoms with Gasteiger partial charge in [0.25, 0.3) is 11.8 Å². The van der Waals surface area contributed by atoms with Crippen LogP contribution < -0.4 is 16.0 Å². The second-order valence-electron chi connectivity index (χ2n) is 13.5. The maximum absolute atomic E-state index is 13.7. The smallest absolute Gasteiger partial charge is 0.286 e. The van der Waals surface area contributed by atoms with Crippen molar-refractivity contribution in [1.82, 2.24) is 36.0 Å². The number of Topliss-reactive ketones (excluding diaryl/α,β-unsaturated/α-hetero) is 1. The monoisotopic (exact) mass is 639 g/mol. The van der Waals surface area contributed by atoms with Crippen LogP contribution in [0.25, 0.3) is 0 Å². The molecule has 3 atom stereocenters. The highest BCUT2D eigenvalue weighted by Gasteiger charge is 2.40. The number of aromatic nitrogens is 3. The Labute approximate surface area is 271 Å². The molecule has 0 radical (unpaired) electrons. The SMILES string of the molecule is CC(C)[C@H](NC(=O)[C@@H]1CCCN1C(=O)[C@@H](NC(=O)CCCCCNC(=O)c1ccccn1)C(C)C)C(=O)c1nnc(C(C)(C)C)o1. The topological polar surface area (TPSA) is 176 Å². The van der Waals surface area contributed by atoms with Crippen LogP contribution in [0.15, 0.2) is 28.8 Å². The summed E-state index contributed by atoms with van der Waals surface area (Å²) >= 11 is 0. The fourth-order valence-corrected chi connectivity index (χ4v) is 5.16. The van der Waals surface area contributed by atoms with Gasteiger partial charge in [0.15, 0.2) is 0 Å². The van der Waals surface area contributed by atoms with Crippen molar-refractivity contribution in [2.45, 2.75) is 111 Å². The van der Waals surface area contributed by atoms with Crippen LogP contribution in [-0.2, 0) is 19.8 Å². The van der Waals surface area contributed by atoms with Crippen molar-refractivity contribution in [2.24, 2.45) is 11.8 Å². The largest absolute Gasteiger partial charge is 0.418 e. The summed E-state index contributed by atoms with van der Waals surface area (Å²) in [7, 11) is 0. The Morgan fingerprint density at radius 3 is 2.28 bits per heavy atom. The lowest BCUT2D eigenvalue weighted by Crippen LogP contribution is -2.57. The van der Waals surface area contributed by atoms with Gasteiger partial charge in [0.1, 0.15) is 17.8 Å².